The Balaban J connectivity index is 1.56. The van der Waals surface area contributed by atoms with Gasteiger partial charge in [0.1, 0.15) is 4.32 Å². The molecule has 1 heterocycles. The average molecular weight is 384 g/mol. The largest absolute Gasteiger partial charge is 0.454 e. The summed E-state index contributed by atoms with van der Waals surface area (Å²) in [6, 6.07) is 11.8. The standard InChI is InChI=1S/C16H14ClNO2S3/c1-22-15-5-3-11(7-12(15)17)18-16(21)23-8-10-2-4-13-14(6-10)20-9-19-13/h2-7H,8-9H2,1H3,(H,18,21). The molecule has 1 aliphatic heterocycles. The summed E-state index contributed by atoms with van der Waals surface area (Å²) in [4.78, 5) is 1.05. The second-order valence-electron chi connectivity index (χ2n) is 4.74. The Morgan fingerprint density at radius 1 is 1.22 bits per heavy atom. The van der Waals surface area contributed by atoms with Crippen LogP contribution < -0.4 is 14.8 Å². The molecule has 120 valence electrons. The van der Waals surface area contributed by atoms with Gasteiger partial charge in [-0.1, -0.05) is 41.6 Å². The van der Waals surface area contributed by atoms with Crippen LogP contribution in [-0.4, -0.2) is 17.4 Å². The van der Waals surface area contributed by atoms with Crippen molar-refractivity contribution in [2.45, 2.75) is 10.6 Å². The van der Waals surface area contributed by atoms with Gasteiger partial charge in [0.2, 0.25) is 6.79 Å². The monoisotopic (exact) mass is 383 g/mol. The SMILES string of the molecule is CSc1ccc(NC(=S)SCc2ccc3c(c2)OCO3)cc1Cl. The van der Waals surface area contributed by atoms with Crippen molar-refractivity contribution < 1.29 is 9.47 Å². The maximum absolute atomic E-state index is 6.20. The second kappa shape index (κ2) is 7.66. The molecule has 0 aromatic heterocycles. The highest BCUT2D eigenvalue weighted by Crippen LogP contribution is 2.34. The van der Waals surface area contributed by atoms with Crippen LogP contribution in [0.25, 0.3) is 0 Å². The average Bonchev–Trinajstić information content (AvgIpc) is 3.01. The number of rotatable bonds is 4. The molecule has 0 aliphatic carbocycles. The maximum Gasteiger partial charge on any atom is 0.231 e. The molecular weight excluding hydrogens is 370 g/mol. The van der Waals surface area contributed by atoms with Crippen molar-refractivity contribution in [3.05, 3.63) is 47.0 Å². The number of thioether (sulfide) groups is 2. The van der Waals surface area contributed by atoms with Crippen molar-refractivity contribution in [2.24, 2.45) is 0 Å². The van der Waals surface area contributed by atoms with Crippen molar-refractivity contribution in [1.82, 2.24) is 0 Å². The van der Waals surface area contributed by atoms with E-state index in [1.807, 2.05) is 42.7 Å². The van der Waals surface area contributed by atoms with Gasteiger partial charge >= 0.3 is 0 Å². The Kier molecular flexibility index (Phi) is 5.58. The van der Waals surface area contributed by atoms with Gasteiger partial charge in [0, 0.05) is 16.3 Å². The molecule has 0 spiro atoms. The van der Waals surface area contributed by atoms with Gasteiger partial charge in [-0.3, -0.25) is 0 Å². The van der Waals surface area contributed by atoms with Crippen molar-refractivity contribution >= 4 is 57.4 Å². The Labute approximate surface area is 154 Å². The Morgan fingerprint density at radius 2 is 2.04 bits per heavy atom. The lowest BCUT2D eigenvalue weighted by molar-refractivity contribution is 0.174. The molecule has 3 rings (SSSR count). The molecule has 2 aromatic rings. The minimum Gasteiger partial charge on any atom is -0.454 e. The van der Waals surface area contributed by atoms with E-state index in [2.05, 4.69) is 5.32 Å². The minimum absolute atomic E-state index is 0.290. The topological polar surface area (TPSA) is 30.5 Å². The number of benzene rings is 2. The lowest BCUT2D eigenvalue weighted by Crippen LogP contribution is -2.04. The van der Waals surface area contributed by atoms with Gasteiger partial charge in [-0.05, 0) is 42.2 Å². The van der Waals surface area contributed by atoms with E-state index in [0.717, 1.165) is 38.4 Å². The summed E-state index contributed by atoms with van der Waals surface area (Å²) < 4.78 is 11.4. The second-order valence-corrected chi connectivity index (χ2v) is 7.65. The zero-order chi connectivity index (χ0) is 16.2. The predicted molar refractivity (Wildman–Crippen MR) is 103 cm³/mol. The molecule has 0 saturated heterocycles. The van der Waals surface area contributed by atoms with E-state index >= 15 is 0 Å². The van der Waals surface area contributed by atoms with E-state index in [-0.39, 0.29) is 0 Å². The van der Waals surface area contributed by atoms with Crippen LogP contribution in [0, 0.1) is 0 Å². The van der Waals surface area contributed by atoms with Crippen molar-refractivity contribution in [2.75, 3.05) is 18.4 Å². The van der Waals surface area contributed by atoms with Crippen LogP contribution in [0.5, 0.6) is 11.5 Å². The maximum atomic E-state index is 6.20. The van der Waals surface area contributed by atoms with Crippen LogP contribution in [0.3, 0.4) is 0 Å². The molecule has 23 heavy (non-hydrogen) atoms. The zero-order valence-electron chi connectivity index (χ0n) is 12.3. The smallest absolute Gasteiger partial charge is 0.231 e. The quantitative estimate of drug-likeness (QED) is 0.560. The Bertz CT molecular complexity index is 739. The lowest BCUT2D eigenvalue weighted by atomic mass is 10.2. The molecule has 7 heteroatoms. The van der Waals surface area contributed by atoms with Crippen molar-refractivity contribution in [1.29, 1.82) is 0 Å². The van der Waals surface area contributed by atoms with E-state index < -0.39 is 0 Å². The van der Waals surface area contributed by atoms with Crippen molar-refractivity contribution in [3.63, 3.8) is 0 Å². The van der Waals surface area contributed by atoms with Gasteiger partial charge in [0.15, 0.2) is 11.5 Å². The summed E-state index contributed by atoms with van der Waals surface area (Å²) in [5.41, 5.74) is 2.04. The van der Waals surface area contributed by atoms with E-state index in [4.69, 9.17) is 33.3 Å². The van der Waals surface area contributed by atoms with E-state index in [1.165, 1.54) is 0 Å². The highest BCUT2D eigenvalue weighted by molar-refractivity contribution is 8.22. The zero-order valence-corrected chi connectivity index (χ0v) is 15.5. The van der Waals surface area contributed by atoms with Gasteiger partial charge in [-0.15, -0.1) is 11.8 Å². The normalized spacial score (nSPS) is 12.3. The number of thiocarbonyl (C=S) groups is 1. The molecule has 0 unspecified atom stereocenters. The number of hydrogen-bond donors (Lipinski definition) is 1. The van der Waals surface area contributed by atoms with Crippen LogP contribution in [0.4, 0.5) is 5.69 Å². The first-order chi connectivity index (χ1) is 11.2. The summed E-state index contributed by atoms with van der Waals surface area (Å²) >= 11 is 14.8. The van der Waals surface area contributed by atoms with Crippen molar-refractivity contribution in [3.8, 4) is 11.5 Å². The molecule has 0 fully saturated rings. The molecule has 0 radical (unpaired) electrons. The van der Waals surface area contributed by atoms with Gasteiger partial charge in [0.05, 0.1) is 5.02 Å². The fraction of sp³-hybridized carbons (Fsp3) is 0.188. The van der Waals surface area contributed by atoms with Crippen LogP contribution >= 0.6 is 47.3 Å². The summed E-state index contributed by atoms with van der Waals surface area (Å²) in [6.07, 6.45) is 2.00. The number of fused-ring (bicyclic) bond motifs is 1. The van der Waals surface area contributed by atoms with Gasteiger partial charge < -0.3 is 14.8 Å². The molecule has 1 N–H and O–H groups in total. The number of ether oxygens (including phenoxy) is 2. The lowest BCUT2D eigenvalue weighted by Gasteiger charge is -2.09. The molecule has 0 atom stereocenters. The highest BCUT2D eigenvalue weighted by Gasteiger charge is 2.13. The highest BCUT2D eigenvalue weighted by atomic mass is 35.5. The first-order valence-electron chi connectivity index (χ1n) is 6.81. The fourth-order valence-corrected chi connectivity index (χ4v) is 3.91. The molecule has 2 aromatic carbocycles. The van der Waals surface area contributed by atoms with Crippen LogP contribution in [0.1, 0.15) is 5.56 Å². The minimum atomic E-state index is 0.290. The molecule has 3 nitrogen and oxygen atoms in total. The number of anilines is 1. The molecule has 0 saturated carbocycles. The summed E-state index contributed by atoms with van der Waals surface area (Å²) in [5, 5.41) is 3.93. The van der Waals surface area contributed by atoms with Gasteiger partial charge in [0.25, 0.3) is 0 Å². The van der Waals surface area contributed by atoms with E-state index in [0.29, 0.717) is 11.1 Å². The molecule has 1 aliphatic rings. The summed E-state index contributed by atoms with van der Waals surface area (Å²) in [5.74, 6) is 2.35. The molecule has 0 bridgehead atoms. The first kappa shape index (κ1) is 16.8. The Hall–Kier alpha value is -1.08. The van der Waals surface area contributed by atoms with E-state index in [9.17, 15) is 0 Å². The van der Waals surface area contributed by atoms with Gasteiger partial charge in [-0.2, -0.15) is 0 Å². The molecular formula is C16H14ClNO2S3. The fourth-order valence-electron chi connectivity index (χ4n) is 2.08. The summed E-state index contributed by atoms with van der Waals surface area (Å²) in [7, 11) is 0. The van der Waals surface area contributed by atoms with Crippen LogP contribution in [0.2, 0.25) is 5.02 Å². The summed E-state index contributed by atoms with van der Waals surface area (Å²) in [6.45, 7) is 0.290. The number of nitrogens with one attached hydrogen (secondary N) is 1. The number of halogens is 1. The predicted octanol–water partition coefficient (Wildman–Crippen LogP) is 5.42. The van der Waals surface area contributed by atoms with Crippen LogP contribution in [0.15, 0.2) is 41.3 Å². The third-order valence-electron chi connectivity index (χ3n) is 3.21. The van der Waals surface area contributed by atoms with Gasteiger partial charge in [-0.25, -0.2) is 0 Å². The third kappa shape index (κ3) is 4.26. The van der Waals surface area contributed by atoms with E-state index in [1.54, 1.807) is 23.5 Å². The Morgan fingerprint density at radius 3 is 2.83 bits per heavy atom. The molecule has 0 amide bonds. The first-order valence-corrected chi connectivity index (χ1v) is 9.81. The number of hydrogen-bond acceptors (Lipinski definition) is 5. The third-order valence-corrected chi connectivity index (χ3v) is 5.72. The van der Waals surface area contributed by atoms with Crippen LogP contribution in [-0.2, 0) is 5.75 Å².